The Hall–Kier alpha value is -0.650. The van der Waals surface area contributed by atoms with Crippen molar-refractivity contribution in [2.24, 2.45) is 0 Å². The minimum Gasteiger partial charge on any atom is -0.377 e. The maximum absolute atomic E-state index is 12.0. The Labute approximate surface area is 109 Å². The lowest BCUT2D eigenvalue weighted by Gasteiger charge is -2.29. The highest BCUT2D eigenvalue weighted by atomic mass is 16.5. The van der Waals surface area contributed by atoms with Crippen LogP contribution in [0.2, 0.25) is 0 Å². The molecule has 2 heterocycles. The van der Waals surface area contributed by atoms with Crippen LogP contribution in [0, 0.1) is 0 Å². The van der Waals surface area contributed by atoms with Gasteiger partial charge in [-0.05, 0) is 13.3 Å². The molecule has 5 nitrogen and oxygen atoms in total. The van der Waals surface area contributed by atoms with Crippen LogP contribution in [0.3, 0.4) is 0 Å². The SMILES string of the molecule is CC1CN(CCC(=O)N2CCNCC2)CCCO1. The van der Waals surface area contributed by atoms with Gasteiger partial charge in [0, 0.05) is 58.8 Å². The van der Waals surface area contributed by atoms with Crippen LogP contribution in [0.1, 0.15) is 19.8 Å². The molecule has 2 rings (SSSR count). The quantitative estimate of drug-likeness (QED) is 0.766. The molecule has 0 spiro atoms. The summed E-state index contributed by atoms with van der Waals surface area (Å²) in [7, 11) is 0. The molecule has 104 valence electrons. The topological polar surface area (TPSA) is 44.8 Å². The highest BCUT2D eigenvalue weighted by molar-refractivity contribution is 5.76. The first-order valence-electron chi connectivity index (χ1n) is 7.08. The minimum atomic E-state index is 0.293. The Morgan fingerprint density at radius 2 is 2.11 bits per heavy atom. The minimum absolute atomic E-state index is 0.293. The number of nitrogens with one attached hydrogen (secondary N) is 1. The van der Waals surface area contributed by atoms with Gasteiger partial charge in [0.05, 0.1) is 6.10 Å². The van der Waals surface area contributed by atoms with Crippen molar-refractivity contribution in [2.45, 2.75) is 25.9 Å². The first kappa shape index (κ1) is 13.8. The second kappa shape index (κ2) is 7.07. The van der Waals surface area contributed by atoms with Gasteiger partial charge >= 0.3 is 0 Å². The number of carbonyl (C=O) groups is 1. The van der Waals surface area contributed by atoms with E-state index in [0.717, 1.165) is 58.8 Å². The van der Waals surface area contributed by atoms with Crippen LogP contribution in [0.25, 0.3) is 0 Å². The molecular formula is C13H25N3O2. The molecule has 2 aliphatic heterocycles. The number of ether oxygens (including phenoxy) is 1. The molecule has 5 heteroatoms. The van der Waals surface area contributed by atoms with E-state index in [0.29, 0.717) is 18.4 Å². The lowest BCUT2D eigenvalue weighted by Crippen LogP contribution is -2.47. The van der Waals surface area contributed by atoms with Crippen LogP contribution in [0.4, 0.5) is 0 Å². The molecular weight excluding hydrogens is 230 g/mol. The molecule has 0 aromatic heterocycles. The summed E-state index contributed by atoms with van der Waals surface area (Å²) in [6.07, 6.45) is 2.01. The van der Waals surface area contributed by atoms with Crippen molar-refractivity contribution >= 4 is 5.91 Å². The van der Waals surface area contributed by atoms with Gasteiger partial charge in [-0.15, -0.1) is 0 Å². The highest BCUT2D eigenvalue weighted by Gasteiger charge is 2.19. The summed E-state index contributed by atoms with van der Waals surface area (Å²) < 4.78 is 5.61. The van der Waals surface area contributed by atoms with Crippen molar-refractivity contribution in [1.82, 2.24) is 15.1 Å². The molecule has 0 bridgehead atoms. The maximum Gasteiger partial charge on any atom is 0.223 e. The summed E-state index contributed by atoms with van der Waals surface area (Å²) in [5.74, 6) is 0.300. The van der Waals surface area contributed by atoms with E-state index in [2.05, 4.69) is 17.1 Å². The van der Waals surface area contributed by atoms with Crippen LogP contribution < -0.4 is 5.32 Å². The van der Waals surface area contributed by atoms with Crippen LogP contribution in [-0.4, -0.2) is 74.2 Å². The Balaban J connectivity index is 1.70. The van der Waals surface area contributed by atoms with E-state index in [1.165, 1.54) is 0 Å². The van der Waals surface area contributed by atoms with E-state index in [9.17, 15) is 4.79 Å². The molecule has 2 saturated heterocycles. The summed E-state index contributed by atoms with van der Waals surface area (Å²) in [6, 6.07) is 0. The van der Waals surface area contributed by atoms with Crippen molar-refractivity contribution in [3.05, 3.63) is 0 Å². The second-order valence-electron chi connectivity index (χ2n) is 5.22. The van der Waals surface area contributed by atoms with Gasteiger partial charge in [0.25, 0.3) is 0 Å². The van der Waals surface area contributed by atoms with E-state index in [-0.39, 0.29) is 0 Å². The first-order valence-corrected chi connectivity index (χ1v) is 7.08. The smallest absolute Gasteiger partial charge is 0.223 e. The van der Waals surface area contributed by atoms with Crippen LogP contribution in [0.5, 0.6) is 0 Å². The van der Waals surface area contributed by atoms with Crippen molar-refractivity contribution in [3.8, 4) is 0 Å². The molecule has 0 aliphatic carbocycles. The maximum atomic E-state index is 12.0. The second-order valence-corrected chi connectivity index (χ2v) is 5.22. The van der Waals surface area contributed by atoms with Gasteiger partial charge in [-0.2, -0.15) is 0 Å². The molecule has 1 atom stereocenters. The van der Waals surface area contributed by atoms with E-state index in [4.69, 9.17) is 4.74 Å². The zero-order chi connectivity index (χ0) is 12.8. The molecule has 0 aromatic carbocycles. The molecule has 1 amide bonds. The van der Waals surface area contributed by atoms with Gasteiger partial charge in [-0.25, -0.2) is 0 Å². The number of rotatable bonds is 3. The standard InChI is InChI=1S/C13H25N3O2/c1-12-11-15(6-2-10-18-12)7-3-13(17)16-8-4-14-5-9-16/h12,14H,2-11H2,1H3. The van der Waals surface area contributed by atoms with Crippen molar-refractivity contribution in [3.63, 3.8) is 0 Å². The largest absolute Gasteiger partial charge is 0.377 e. The number of carbonyl (C=O) groups excluding carboxylic acids is 1. The van der Waals surface area contributed by atoms with Gasteiger partial charge in [-0.1, -0.05) is 0 Å². The monoisotopic (exact) mass is 255 g/mol. The molecule has 0 saturated carbocycles. The highest BCUT2D eigenvalue weighted by Crippen LogP contribution is 2.07. The van der Waals surface area contributed by atoms with Crippen LogP contribution in [-0.2, 0) is 9.53 Å². The average Bonchev–Trinajstić information content (AvgIpc) is 2.61. The van der Waals surface area contributed by atoms with Crippen molar-refractivity contribution in [2.75, 3.05) is 52.4 Å². The van der Waals surface area contributed by atoms with Gasteiger partial charge in [0.15, 0.2) is 0 Å². The van der Waals surface area contributed by atoms with E-state index >= 15 is 0 Å². The third-order valence-electron chi connectivity index (χ3n) is 3.65. The average molecular weight is 255 g/mol. The fourth-order valence-electron chi connectivity index (χ4n) is 2.61. The third kappa shape index (κ3) is 4.23. The number of hydrogen-bond acceptors (Lipinski definition) is 4. The molecule has 0 aromatic rings. The number of hydrogen-bond donors (Lipinski definition) is 1. The predicted octanol–water partition coefficient (Wildman–Crippen LogP) is -0.0809. The molecule has 1 N–H and O–H groups in total. The van der Waals surface area contributed by atoms with Crippen molar-refractivity contribution < 1.29 is 9.53 Å². The fraction of sp³-hybridized carbons (Fsp3) is 0.923. The van der Waals surface area contributed by atoms with Gasteiger partial charge in [0.2, 0.25) is 5.91 Å². The number of amides is 1. The molecule has 2 aliphatic rings. The lowest BCUT2D eigenvalue weighted by molar-refractivity contribution is -0.132. The summed E-state index contributed by atoms with van der Waals surface area (Å²) in [5, 5.41) is 3.27. The number of nitrogens with zero attached hydrogens (tertiary/aromatic N) is 2. The van der Waals surface area contributed by atoms with Crippen molar-refractivity contribution in [1.29, 1.82) is 0 Å². The molecule has 18 heavy (non-hydrogen) atoms. The van der Waals surface area contributed by atoms with E-state index in [1.54, 1.807) is 0 Å². The summed E-state index contributed by atoms with van der Waals surface area (Å²) in [6.45, 7) is 9.42. The first-order chi connectivity index (χ1) is 8.75. The summed E-state index contributed by atoms with van der Waals surface area (Å²) in [5.41, 5.74) is 0. The number of piperazine rings is 1. The molecule has 1 unspecified atom stereocenters. The fourth-order valence-corrected chi connectivity index (χ4v) is 2.61. The summed E-state index contributed by atoms with van der Waals surface area (Å²) >= 11 is 0. The lowest BCUT2D eigenvalue weighted by atomic mass is 10.2. The Kier molecular flexibility index (Phi) is 5.41. The van der Waals surface area contributed by atoms with E-state index < -0.39 is 0 Å². The zero-order valence-corrected chi connectivity index (χ0v) is 11.4. The molecule has 0 radical (unpaired) electrons. The predicted molar refractivity (Wildman–Crippen MR) is 70.5 cm³/mol. The van der Waals surface area contributed by atoms with Crippen LogP contribution >= 0.6 is 0 Å². The van der Waals surface area contributed by atoms with E-state index in [1.807, 2.05) is 4.90 Å². The Morgan fingerprint density at radius 1 is 1.33 bits per heavy atom. The normalized spacial score (nSPS) is 26.9. The molecule has 2 fully saturated rings. The van der Waals surface area contributed by atoms with Gasteiger partial charge < -0.3 is 19.9 Å². The van der Waals surface area contributed by atoms with Gasteiger partial charge in [-0.3, -0.25) is 4.79 Å². The van der Waals surface area contributed by atoms with Crippen LogP contribution in [0.15, 0.2) is 0 Å². The Morgan fingerprint density at radius 3 is 2.89 bits per heavy atom. The Bertz CT molecular complexity index is 267. The zero-order valence-electron chi connectivity index (χ0n) is 11.4. The third-order valence-corrected chi connectivity index (χ3v) is 3.65. The summed E-state index contributed by atoms with van der Waals surface area (Å²) in [4.78, 5) is 16.4. The van der Waals surface area contributed by atoms with Gasteiger partial charge in [0.1, 0.15) is 0 Å².